The monoisotopic (exact) mass is 525 g/mol. The minimum Gasteiger partial charge on any atom is -0.399 e. The van der Waals surface area contributed by atoms with Gasteiger partial charge in [0.05, 0.1) is 24.3 Å². The first-order valence-corrected chi connectivity index (χ1v) is 13.0. The number of nitrogens with zero attached hydrogens (tertiary/aromatic N) is 3. The zero-order chi connectivity index (χ0) is 27.6. The van der Waals surface area contributed by atoms with Crippen molar-refractivity contribution in [2.24, 2.45) is 5.92 Å². The van der Waals surface area contributed by atoms with Gasteiger partial charge >= 0.3 is 0 Å². The molecule has 1 aromatic heterocycles. The smallest absolute Gasteiger partial charge is 0.255 e. The van der Waals surface area contributed by atoms with Gasteiger partial charge in [0.25, 0.3) is 5.91 Å². The molecule has 1 unspecified atom stereocenters. The number of rotatable bonds is 12. The van der Waals surface area contributed by atoms with Gasteiger partial charge in [-0.15, -0.1) is 5.10 Å². The summed E-state index contributed by atoms with van der Waals surface area (Å²) in [6, 6.07) is 24.4. The number of nitrogens with one attached hydrogen (secondary N) is 1. The molecule has 1 heterocycles. The Morgan fingerprint density at radius 2 is 1.77 bits per heavy atom. The van der Waals surface area contributed by atoms with E-state index in [-0.39, 0.29) is 30.5 Å². The lowest BCUT2D eigenvalue weighted by atomic mass is 9.96. The molecular weight excluding hydrogens is 490 g/mol. The van der Waals surface area contributed by atoms with Gasteiger partial charge in [0.15, 0.2) is 0 Å². The average molecular weight is 526 g/mol. The van der Waals surface area contributed by atoms with E-state index in [1.165, 1.54) is 0 Å². The summed E-state index contributed by atoms with van der Waals surface area (Å²) in [4.78, 5) is 12.5. The largest absolute Gasteiger partial charge is 0.399 e. The summed E-state index contributed by atoms with van der Waals surface area (Å²) in [6.45, 7) is 2.78. The Morgan fingerprint density at radius 1 is 1.05 bits per heavy atom. The third kappa shape index (κ3) is 7.40. The average Bonchev–Trinajstić information content (AvgIpc) is 3.42. The Labute approximate surface area is 229 Å². The molecule has 0 saturated heterocycles. The van der Waals surface area contributed by atoms with E-state index in [4.69, 9.17) is 10.5 Å². The van der Waals surface area contributed by atoms with E-state index in [2.05, 4.69) is 34.7 Å². The van der Waals surface area contributed by atoms with Crippen LogP contribution < -0.4 is 11.1 Å². The zero-order valence-electron chi connectivity index (χ0n) is 22.3. The summed E-state index contributed by atoms with van der Waals surface area (Å²) in [5.74, 6) is -0.238. The Morgan fingerprint density at radius 3 is 2.44 bits per heavy atom. The predicted octanol–water partition coefficient (Wildman–Crippen LogP) is 5.21. The highest BCUT2D eigenvalue weighted by molar-refractivity contribution is 6.04. The molecule has 8 heteroatoms. The minimum absolute atomic E-state index is 0.0194. The number of allylic oxidation sites excluding steroid dienone is 1. The second kappa shape index (κ2) is 13.5. The lowest BCUT2D eigenvalue weighted by molar-refractivity contribution is 0.0741. The number of aliphatic hydroxyl groups is 1. The van der Waals surface area contributed by atoms with Crippen LogP contribution in [0.25, 0.3) is 0 Å². The maximum Gasteiger partial charge on any atom is 0.255 e. The normalized spacial score (nSPS) is 13.7. The fourth-order valence-electron chi connectivity index (χ4n) is 4.50. The van der Waals surface area contributed by atoms with E-state index < -0.39 is 0 Å². The highest BCUT2D eigenvalue weighted by Crippen LogP contribution is 2.28. The maximum atomic E-state index is 12.5. The Hall–Kier alpha value is -4.27. The van der Waals surface area contributed by atoms with Crippen molar-refractivity contribution in [2.45, 2.75) is 31.9 Å². The van der Waals surface area contributed by atoms with E-state index in [1.807, 2.05) is 60.8 Å². The van der Waals surface area contributed by atoms with Crippen molar-refractivity contribution in [1.29, 1.82) is 0 Å². The fourth-order valence-corrected chi connectivity index (χ4v) is 4.50. The molecule has 0 saturated carbocycles. The van der Waals surface area contributed by atoms with Crippen LogP contribution in [0.15, 0.2) is 97.2 Å². The van der Waals surface area contributed by atoms with Gasteiger partial charge in [-0.2, -0.15) is 0 Å². The lowest BCUT2D eigenvalue weighted by Crippen LogP contribution is -2.13. The Bertz CT molecular complexity index is 1350. The highest BCUT2D eigenvalue weighted by Gasteiger charge is 2.18. The number of benzene rings is 3. The lowest BCUT2D eigenvalue weighted by Gasteiger charge is -2.21. The van der Waals surface area contributed by atoms with E-state index in [1.54, 1.807) is 36.1 Å². The Balaban J connectivity index is 1.30. The minimum atomic E-state index is -0.186. The maximum absolute atomic E-state index is 12.5. The molecule has 0 radical (unpaired) electrons. The molecule has 0 aliphatic heterocycles. The number of nitrogens with two attached hydrogens (primary N) is 1. The van der Waals surface area contributed by atoms with E-state index in [9.17, 15) is 9.90 Å². The number of ether oxygens (including phenoxy) is 1. The number of hydrogen-bond donors (Lipinski definition) is 3. The van der Waals surface area contributed by atoms with Crippen LogP contribution >= 0.6 is 0 Å². The van der Waals surface area contributed by atoms with Crippen LogP contribution in [0.3, 0.4) is 0 Å². The molecular formula is C31H35N5O3. The summed E-state index contributed by atoms with van der Waals surface area (Å²) in [5, 5.41) is 21.3. The van der Waals surface area contributed by atoms with Crippen molar-refractivity contribution in [1.82, 2.24) is 15.0 Å². The standard InChI is InChI=1S/C31H35N5O3/c1-22(8-6-7-19-36-20-29(34-35-36)28(21-37)23-9-4-3-5-10-23)30(39-2)24-13-17-27(18-14-24)33-31(38)25-11-15-26(32)16-12-25/h3-6,8-18,20,22,28,30,37H,7,19,21,32H2,1-2H3,(H,33,38)/b8-6+/t22-,28?,30+/m1/s1. The number of anilines is 2. The summed E-state index contributed by atoms with van der Waals surface area (Å²) in [7, 11) is 1.70. The van der Waals surface area contributed by atoms with Crippen molar-refractivity contribution >= 4 is 17.3 Å². The van der Waals surface area contributed by atoms with E-state index in [0.717, 1.165) is 23.2 Å². The van der Waals surface area contributed by atoms with Crippen molar-refractivity contribution in [3.8, 4) is 0 Å². The molecule has 0 fully saturated rings. The van der Waals surface area contributed by atoms with Gasteiger partial charge in [0, 0.05) is 42.7 Å². The summed E-state index contributed by atoms with van der Waals surface area (Å²) in [6.07, 6.45) is 6.83. The van der Waals surface area contributed by atoms with E-state index in [0.29, 0.717) is 23.5 Å². The number of amides is 1. The molecule has 4 rings (SSSR count). The third-order valence-electron chi connectivity index (χ3n) is 6.66. The Kier molecular flexibility index (Phi) is 9.61. The molecule has 4 aromatic rings. The van der Waals surface area contributed by atoms with Gasteiger partial charge in [-0.05, 0) is 53.9 Å². The molecule has 39 heavy (non-hydrogen) atoms. The van der Waals surface area contributed by atoms with Gasteiger partial charge in [-0.25, -0.2) is 0 Å². The van der Waals surface area contributed by atoms with Crippen LogP contribution in [0.1, 0.15) is 52.5 Å². The van der Waals surface area contributed by atoms with Gasteiger partial charge < -0.3 is 20.9 Å². The first-order chi connectivity index (χ1) is 19.0. The second-order valence-corrected chi connectivity index (χ2v) is 9.48. The summed E-state index contributed by atoms with van der Waals surface area (Å²) < 4.78 is 7.60. The number of aromatic nitrogens is 3. The zero-order valence-corrected chi connectivity index (χ0v) is 22.3. The van der Waals surface area contributed by atoms with Crippen LogP contribution in [0, 0.1) is 5.92 Å². The topological polar surface area (TPSA) is 115 Å². The predicted molar refractivity (Wildman–Crippen MR) is 153 cm³/mol. The first-order valence-electron chi connectivity index (χ1n) is 13.0. The second-order valence-electron chi connectivity index (χ2n) is 9.48. The number of aliphatic hydroxyl groups excluding tert-OH is 1. The van der Waals surface area contributed by atoms with Crippen molar-refractivity contribution < 1.29 is 14.6 Å². The van der Waals surface area contributed by atoms with Gasteiger partial charge in [-0.1, -0.05) is 66.8 Å². The fraction of sp³-hybridized carbons (Fsp3) is 0.258. The molecule has 3 aromatic carbocycles. The number of aryl methyl sites for hydroxylation is 1. The number of hydrogen-bond acceptors (Lipinski definition) is 6. The van der Waals surface area contributed by atoms with Crippen molar-refractivity contribution in [2.75, 3.05) is 24.8 Å². The molecule has 1 amide bonds. The summed E-state index contributed by atoms with van der Waals surface area (Å²) in [5.41, 5.74) is 10.4. The van der Waals surface area contributed by atoms with Gasteiger partial charge in [-0.3, -0.25) is 9.48 Å². The molecule has 202 valence electrons. The molecule has 3 atom stereocenters. The van der Waals surface area contributed by atoms with Crippen LogP contribution in [0.4, 0.5) is 11.4 Å². The van der Waals surface area contributed by atoms with Crippen LogP contribution in [-0.2, 0) is 11.3 Å². The quantitative estimate of drug-likeness (QED) is 0.173. The molecule has 0 bridgehead atoms. The van der Waals surface area contributed by atoms with Gasteiger partial charge in [0.1, 0.15) is 0 Å². The number of carbonyl (C=O) groups excluding carboxylic acids is 1. The molecule has 0 spiro atoms. The van der Waals surface area contributed by atoms with Crippen molar-refractivity contribution in [3.63, 3.8) is 0 Å². The highest BCUT2D eigenvalue weighted by atomic mass is 16.5. The number of methoxy groups -OCH3 is 1. The molecule has 8 nitrogen and oxygen atoms in total. The number of nitrogen functional groups attached to an aromatic ring is 1. The number of carbonyl (C=O) groups is 1. The van der Waals surface area contributed by atoms with Crippen LogP contribution in [0.5, 0.6) is 0 Å². The first kappa shape index (κ1) is 27.8. The SMILES string of the molecule is CO[C@H](c1ccc(NC(=O)c2ccc(N)cc2)cc1)[C@H](C)/C=C/CCn1cc(C(CO)c2ccccc2)nn1. The van der Waals surface area contributed by atoms with Crippen molar-refractivity contribution in [3.05, 3.63) is 120 Å². The molecule has 0 aliphatic carbocycles. The molecule has 4 N–H and O–H groups in total. The van der Waals surface area contributed by atoms with Crippen LogP contribution in [0.2, 0.25) is 0 Å². The van der Waals surface area contributed by atoms with Gasteiger partial charge in [0.2, 0.25) is 0 Å². The third-order valence-corrected chi connectivity index (χ3v) is 6.66. The van der Waals surface area contributed by atoms with Crippen LogP contribution in [-0.4, -0.2) is 39.7 Å². The van der Waals surface area contributed by atoms with E-state index >= 15 is 0 Å². The summed E-state index contributed by atoms with van der Waals surface area (Å²) >= 11 is 0. The molecule has 0 aliphatic rings.